The Labute approximate surface area is 144 Å². The van der Waals surface area contributed by atoms with Crippen LogP contribution in [-0.4, -0.2) is 25.0 Å². The summed E-state index contributed by atoms with van der Waals surface area (Å²) >= 11 is 5.70. The zero-order chi connectivity index (χ0) is 17.4. The highest BCUT2D eigenvalue weighted by Gasteiger charge is 2.15. The highest BCUT2D eigenvalue weighted by Crippen LogP contribution is 2.15. The largest absolute Gasteiger partial charge is 0.452 e. The van der Waals surface area contributed by atoms with Gasteiger partial charge in [-0.1, -0.05) is 41.9 Å². The van der Waals surface area contributed by atoms with Gasteiger partial charge in [0.05, 0.1) is 5.56 Å². The molecule has 0 aromatic heterocycles. The van der Waals surface area contributed by atoms with E-state index in [0.717, 1.165) is 25.0 Å². The molecule has 6 heteroatoms. The van der Waals surface area contributed by atoms with Crippen molar-refractivity contribution in [3.8, 4) is 0 Å². The fourth-order valence-corrected chi connectivity index (χ4v) is 2.25. The van der Waals surface area contributed by atoms with Gasteiger partial charge in [0.15, 0.2) is 6.61 Å². The van der Waals surface area contributed by atoms with Gasteiger partial charge in [-0.15, -0.1) is 0 Å². The first-order valence-corrected chi connectivity index (χ1v) is 7.87. The van der Waals surface area contributed by atoms with E-state index < -0.39 is 24.3 Å². The van der Waals surface area contributed by atoms with Crippen molar-refractivity contribution in [2.75, 3.05) is 13.2 Å². The summed E-state index contributed by atoms with van der Waals surface area (Å²) < 4.78 is 18.3. The molecule has 2 aromatic carbocycles. The SMILES string of the molecule is O=C(COC(=O)c1cc(Cl)ccc1F)NCCCc1ccccc1. The molecule has 0 radical (unpaired) electrons. The number of nitrogens with one attached hydrogen (secondary N) is 1. The predicted molar refractivity (Wildman–Crippen MR) is 89.5 cm³/mol. The lowest BCUT2D eigenvalue weighted by Crippen LogP contribution is -2.30. The van der Waals surface area contributed by atoms with Crippen LogP contribution in [0.4, 0.5) is 4.39 Å². The van der Waals surface area contributed by atoms with Crippen LogP contribution in [0.1, 0.15) is 22.3 Å². The zero-order valence-electron chi connectivity index (χ0n) is 12.9. The van der Waals surface area contributed by atoms with Crippen LogP contribution in [0.15, 0.2) is 48.5 Å². The summed E-state index contributed by atoms with van der Waals surface area (Å²) in [7, 11) is 0. The van der Waals surface area contributed by atoms with Crippen LogP contribution in [-0.2, 0) is 16.0 Å². The van der Waals surface area contributed by atoms with Crippen molar-refractivity contribution in [3.05, 3.63) is 70.5 Å². The van der Waals surface area contributed by atoms with Crippen molar-refractivity contribution in [3.63, 3.8) is 0 Å². The average molecular weight is 350 g/mol. The smallest absolute Gasteiger partial charge is 0.341 e. The predicted octanol–water partition coefficient (Wildman–Crippen LogP) is 3.38. The number of carbonyl (C=O) groups excluding carboxylic acids is 2. The Morgan fingerprint density at radius 3 is 2.62 bits per heavy atom. The quantitative estimate of drug-likeness (QED) is 0.616. The minimum Gasteiger partial charge on any atom is -0.452 e. The number of esters is 1. The van der Waals surface area contributed by atoms with Crippen molar-refractivity contribution in [1.82, 2.24) is 5.32 Å². The number of hydrogen-bond donors (Lipinski definition) is 1. The monoisotopic (exact) mass is 349 g/mol. The fourth-order valence-electron chi connectivity index (χ4n) is 2.08. The molecule has 0 saturated heterocycles. The van der Waals surface area contributed by atoms with E-state index in [1.165, 1.54) is 11.6 Å². The second-order valence-corrected chi connectivity index (χ2v) is 5.58. The summed E-state index contributed by atoms with van der Waals surface area (Å²) in [6.45, 7) is 0.00687. The summed E-state index contributed by atoms with van der Waals surface area (Å²) in [5.74, 6) is -2.10. The first-order chi connectivity index (χ1) is 11.6. The van der Waals surface area contributed by atoms with Gasteiger partial charge in [0.25, 0.3) is 5.91 Å². The maximum absolute atomic E-state index is 13.5. The van der Waals surface area contributed by atoms with Crippen molar-refractivity contribution in [2.24, 2.45) is 0 Å². The van der Waals surface area contributed by atoms with Crippen LogP contribution < -0.4 is 5.32 Å². The number of benzene rings is 2. The van der Waals surface area contributed by atoms with E-state index in [2.05, 4.69) is 5.32 Å². The molecule has 0 heterocycles. The Morgan fingerprint density at radius 1 is 1.12 bits per heavy atom. The summed E-state index contributed by atoms with van der Waals surface area (Å²) in [5.41, 5.74) is 0.897. The first-order valence-electron chi connectivity index (χ1n) is 7.49. The lowest BCUT2D eigenvalue weighted by Gasteiger charge is -2.07. The molecule has 0 aliphatic rings. The standard InChI is InChI=1S/C18H17ClFNO3/c19-14-8-9-16(20)15(11-14)18(23)24-12-17(22)21-10-4-7-13-5-2-1-3-6-13/h1-3,5-6,8-9,11H,4,7,10,12H2,(H,21,22). The van der Waals surface area contributed by atoms with Crippen LogP contribution in [0.2, 0.25) is 5.02 Å². The van der Waals surface area contributed by atoms with E-state index in [1.807, 2.05) is 30.3 Å². The molecule has 0 aliphatic heterocycles. The third kappa shape index (κ3) is 5.66. The Bertz CT molecular complexity index is 707. The molecule has 4 nitrogen and oxygen atoms in total. The van der Waals surface area contributed by atoms with Crippen LogP contribution in [0.25, 0.3) is 0 Å². The topological polar surface area (TPSA) is 55.4 Å². The lowest BCUT2D eigenvalue weighted by atomic mass is 10.1. The number of amides is 1. The molecule has 126 valence electrons. The normalized spacial score (nSPS) is 10.2. The summed E-state index contributed by atoms with van der Waals surface area (Å²) in [6, 6.07) is 13.5. The van der Waals surface area contributed by atoms with E-state index in [4.69, 9.17) is 16.3 Å². The van der Waals surface area contributed by atoms with Crippen molar-refractivity contribution in [2.45, 2.75) is 12.8 Å². The fraction of sp³-hybridized carbons (Fsp3) is 0.222. The summed E-state index contributed by atoms with van der Waals surface area (Å²) in [6.07, 6.45) is 1.61. The molecule has 0 saturated carbocycles. The summed E-state index contributed by atoms with van der Waals surface area (Å²) in [4.78, 5) is 23.4. The Hall–Kier alpha value is -2.40. The molecule has 0 atom stereocenters. The van der Waals surface area contributed by atoms with E-state index in [9.17, 15) is 14.0 Å². The van der Waals surface area contributed by atoms with Gasteiger partial charge >= 0.3 is 5.97 Å². The molecule has 2 aromatic rings. The number of halogens is 2. The van der Waals surface area contributed by atoms with Crippen molar-refractivity contribution >= 4 is 23.5 Å². The molecule has 2 rings (SSSR count). The molecule has 1 N–H and O–H groups in total. The molecule has 0 fully saturated rings. The molecular formula is C18H17ClFNO3. The van der Waals surface area contributed by atoms with E-state index in [-0.39, 0.29) is 10.6 Å². The van der Waals surface area contributed by atoms with E-state index >= 15 is 0 Å². The molecule has 0 unspecified atom stereocenters. The zero-order valence-corrected chi connectivity index (χ0v) is 13.7. The van der Waals surface area contributed by atoms with Gasteiger partial charge in [-0.2, -0.15) is 0 Å². The first kappa shape index (κ1) is 17.9. The maximum Gasteiger partial charge on any atom is 0.341 e. The van der Waals surface area contributed by atoms with Crippen LogP contribution in [0.5, 0.6) is 0 Å². The molecule has 0 spiro atoms. The maximum atomic E-state index is 13.5. The lowest BCUT2D eigenvalue weighted by molar-refractivity contribution is -0.124. The van der Waals surface area contributed by atoms with E-state index in [0.29, 0.717) is 6.54 Å². The molecule has 0 aliphatic carbocycles. The second kappa shape index (κ2) is 9.03. The van der Waals surface area contributed by atoms with Gasteiger partial charge in [-0.05, 0) is 36.6 Å². The average Bonchev–Trinajstić information content (AvgIpc) is 2.59. The minimum absolute atomic E-state index is 0.216. The number of hydrogen-bond acceptors (Lipinski definition) is 3. The highest BCUT2D eigenvalue weighted by atomic mass is 35.5. The van der Waals surface area contributed by atoms with Gasteiger partial charge in [0.2, 0.25) is 0 Å². The third-order valence-corrected chi connectivity index (χ3v) is 3.52. The van der Waals surface area contributed by atoms with Crippen LogP contribution >= 0.6 is 11.6 Å². The van der Waals surface area contributed by atoms with Gasteiger partial charge in [0.1, 0.15) is 5.82 Å². The number of rotatable bonds is 7. The van der Waals surface area contributed by atoms with Crippen LogP contribution in [0.3, 0.4) is 0 Å². The van der Waals surface area contributed by atoms with Gasteiger partial charge in [-0.3, -0.25) is 4.79 Å². The van der Waals surface area contributed by atoms with Gasteiger partial charge < -0.3 is 10.1 Å². The van der Waals surface area contributed by atoms with Crippen molar-refractivity contribution < 1.29 is 18.7 Å². The van der Waals surface area contributed by atoms with Gasteiger partial charge in [0, 0.05) is 11.6 Å². The Kier molecular flexibility index (Phi) is 6.75. The Balaban J connectivity index is 1.69. The molecule has 0 bridgehead atoms. The van der Waals surface area contributed by atoms with Crippen molar-refractivity contribution in [1.29, 1.82) is 0 Å². The van der Waals surface area contributed by atoms with Gasteiger partial charge in [-0.25, -0.2) is 9.18 Å². The minimum atomic E-state index is -0.922. The third-order valence-electron chi connectivity index (χ3n) is 3.29. The molecular weight excluding hydrogens is 333 g/mol. The number of ether oxygens (including phenoxy) is 1. The second-order valence-electron chi connectivity index (χ2n) is 5.14. The highest BCUT2D eigenvalue weighted by molar-refractivity contribution is 6.30. The van der Waals surface area contributed by atoms with E-state index in [1.54, 1.807) is 0 Å². The molecule has 24 heavy (non-hydrogen) atoms. The Morgan fingerprint density at radius 2 is 1.88 bits per heavy atom. The number of aryl methyl sites for hydroxylation is 1. The number of carbonyl (C=O) groups is 2. The van der Waals surface area contributed by atoms with Crippen LogP contribution in [0, 0.1) is 5.82 Å². The summed E-state index contributed by atoms with van der Waals surface area (Å²) in [5, 5.41) is 2.87. The molecule has 1 amide bonds.